The first-order valence-corrected chi connectivity index (χ1v) is 3.65. The summed E-state index contributed by atoms with van der Waals surface area (Å²) in [6.07, 6.45) is 2.99. The molecule has 0 saturated carbocycles. The van der Waals surface area contributed by atoms with E-state index in [1.54, 1.807) is 0 Å². The molecule has 0 aromatic rings. The van der Waals surface area contributed by atoms with Crippen molar-refractivity contribution in [2.45, 2.75) is 39.7 Å². The molecule has 0 aromatic carbocycles. The molecule has 1 radical (unpaired) electrons. The van der Waals surface area contributed by atoms with Gasteiger partial charge in [-0.2, -0.15) is 0 Å². The molecule has 10 heavy (non-hydrogen) atoms. The van der Waals surface area contributed by atoms with Gasteiger partial charge in [-0.05, 0) is 33.6 Å². The normalized spacial score (nSPS) is 12.0. The molecule has 0 rings (SSSR count). The SMILES string of the molecule is C[CH]CCOOC(C)(C)C. The number of hydrogen-bond acceptors (Lipinski definition) is 2. The average Bonchev–Trinajstić information content (AvgIpc) is 1.78. The van der Waals surface area contributed by atoms with Crippen molar-refractivity contribution in [1.29, 1.82) is 0 Å². The fourth-order valence-electron chi connectivity index (χ4n) is 0.384. The van der Waals surface area contributed by atoms with Crippen LogP contribution >= 0.6 is 0 Å². The molecule has 0 aromatic heterocycles. The van der Waals surface area contributed by atoms with E-state index in [-0.39, 0.29) is 5.60 Å². The van der Waals surface area contributed by atoms with E-state index in [0.29, 0.717) is 6.61 Å². The molecular weight excluding hydrogens is 128 g/mol. The van der Waals surface area contributed by atoms with Crippen LogP contribution in [0.3, 0.4) is 0 Å². The first-order chi connectivity index (χ1) is 4.56. The molecule has 0 atom stereocenters. The van der Waals surface area contributed by atoms with E-state index >= 15 is 0 Å². The largest absolute Gasteiger partial charge is 0.236 e. The van der Waals surface area contributed by atoms with E-state index in [2.05, 4.69) is 0 Å². The van der Waals surface area contributed by atoms with Crippen LogP contribution in [0.5, 0.6) is 0 Å². The Kier molecular flexibility index (Phi) is 4.65. The predicted molar refractivity (Wildman–Crippen MR) is 41.4 cm³/mol. The van der Waals surface area contributed by atoms with Gasteiger partial charge < -0.3 is 0 Å². The van der Waals surface area contributed by atoms with Crippen molar-refractivity contribution in [2.24, 2.45) is 0 Å². The molecule has 0 aliphatic rings. The van der Waals surface area contributed by atoms with Gasteiger partial charge in [0.25, 0.3) is 0 Å². The van der Waals surface area contributed by atoms with Crippen molar-refractivity contribution in [2.75, 3.05) is 6.61 Å². The number of rotatable bonds is 4. The maximum atomic E-state index is 5.01. The summed E-state index contributed by atoms with van der Waals surface area (Å²) in [6, 6.07) is 0. The van der Waals surface area contributed by atoms with Gasteiger partial charge in [0.1, 0.15) is 0 Å². The van der Waals surface area contributed by atoms with Gasteiger partial charge in [0.05, 0.1) is 12.2 Å². The smallest absolute Gasteiger partial charge is 0.0952 e. The molecule has 0 aliphatic carbocycles. The lowest BCUT2D eigenvalue weighted by Gasteiger charge is -2.17. The molecule has 2 heteroatoms. The molecule has 0 fully saturated rings. The van der Waals surface area contributed by atoms with E-state index in [0.717, 1.165) is 6.42 Å². The first-order valence-electron chi connectivity index (χ1n) is 3.65. The summed E-state index contributed by atoms with van der Waals surface area (Å²) in [7, 11) is 0. The Hall–Kier alpha value is -0.0800. The maximum absolute atomic E-state index is 5.01. The van der Waals surface area contributed by atoms with Gasteiger partial charge >= 0.3 is 0 Å². The molecule has 2 nitrogen and oxygen atoms in total. The zero-order valence-corrected chi connectivity index (χ0v) is 7.31. The van der Waals surface area contributed by atoms with Gasteiger partial charge in [-0.1, -0.05) is 6.92 Å². The van der Waals surface area contributed by atoms with Gasteiger partial charge in [-0.25, -0.2) is 9.78 Å². The van der Waals surface area contributed by atoms with Crippen LogP contribution in [0.2, 0.25) is 0 Å². The average molecular weight is 145 g/mol. The fraction of sp³-hybridized carbons (Fsp3) is 0.875. The van der Waals surface area contributed by atoms with Crippen LogP contribution in [0.4, 0.5) is 0 Å². The van der Waals surface area contributed by atoms with Gasteiger partial charge in [0.15, 0.2) is 0 Å². The lowest BCUT2D eigenvalue weighted by molar-refractivity contribution is -0.347. The Balaban J connectivity index is 3.04. The summed E-state index contributed by atoms with van der Waals surface area (Å²) in [5, 5.41) is 0. The monoisotopic (exact) mass is 145 g/mol. The predicted octanol–water partition coefficient (Wildman–Crippen LogP) is 2.35. The third-order valence-electron chi connectivity index (χ3n) is 0.799. The van der Waals surface area contributed by atoms with Crippen LogP contribution in [-0.4, -0.2) is 12.2 Å². The highest BCUT2D eigenvalue weighted by Gasteiger charge is 2.10. The summed E-state index contributed by atoms with van der Waals surface area (Å²) in [5.74, 6) is 0. The quantitative estimate of drug-likeness (QED) is 0.343. The van der Waals surface area contributed by atoms with Crippen molar-refractivity contribution >= 4 is 0 Å². The van der Waals surface area contributed by atoms with Crippen molar-refractivity contribution in [1.82, 2.24) is 0 Å². The van der Waals surface area contributed by atoms with Gasteiger partial charge in [0, 0.05) is 0 Å². The summed E-state index contributed by atoms with van der Waals surface area (Å²) in [6.45, 7) is 8.53. The Morgan fingerprint density at radius 2 is 1.90 bits per heavy atom. The van der Waals surface area contributed by atoms with Crippen LogP contribution in [0, 0.1) is 6.42 Å². The summed E-state index contributed by atoms with van der Waals surface area (Å²) < 4.78 is 0. The van der Waals surface area contributed by atoms with Crippen LogP contribution < -0.4 is 0 Å². The van der Waals surface area contributed by atoms with E-state index < -0.39 is 0 Å². The Labute approximate surface area is 63.5 Å². The summed E-state index contributed by atoms with van der Waals surface area (Å²) >= 11 is 0. The summed E-state index contributed by atoms with van der Waals surface area (Å²) in [5.41, 5.74) is -0.187. The highest BCUT2D eigenvalue weighted by atomic mass is 17.2. The third kappa shape index (κ3) is 7.92. The molecule has 0 unspecified atom stereocenters. The molecule has 0 aliphatic heterocycles. The van der Waals surface area contributed by atoms with E-state index in [1.807, 2.05) is 34.1 Å². The molecular formula is C8H17O2. The molecule has 0 N–H and O–H groups in total. The van der Waals surface area contributed by atoms with E-state index in [9.17, 15) is 0 Å². The molecule has 61 valence electrons. The van der Waals surface area contributed by atoms with Crippen molar-refractivity contribution < 1.29 is 9.78 Å². The summed E-state index contributed by atoms with van der Waals surface area (Å²) in [4.78, 5) is 9.92. The highest BCUT2D eigenvalue weighted by Crippen LogP contribution is 2.06. The zero-order chi connectivity index (χ0) is 8.04. The standard InChI is InChI=1S/C8H17O2/c1-5-6-7-9-10-8(2,3)4/h5H,6-7H2,1-4H3. The number of hydrogen-bond donors (Lipinski definition) is 0. The molecule has 0 heterocycles. The van der Waals surface area contributed by atoms with Crippen LogP contribution in [0.25, 0.3) is 0 Å². The second kappa shape index (κ2) is 4.69. The second-order valence-corrected chi connectivity index (χ2v) is 3.21. The lowest BCUT2D eigenvalue weighted by Crippen LogP contribution is -2.19. The Morgan fingerprint density at radius 3 is 2.30 bits per heavy atom. The Morgan fingerprint density at radius 1 is 1.30 bits per heavy atom. The van der Waals surface area contributed by atoms with Crippen LogP contribution in [0.1, 0.15) is 34.1 Å². The van der Waals surface area contributed by atoms with Crippen molar-refractivity contribution in [3.8, 4) is 0 Å². The molecule has 0 bridgehead atoms. The molecule has 0 spiro atoms. The van der Waals surface area contributed by atoms with E-state index in [1.165, 1.54) is 0 Å². The van der Waals surface area contributed by atoms with E-state index in [4.69, 9.17) is 9.78 Å². The first kappa shape index (κ1) is 9.92. The maximum Gasteiger partial charge on any atom is 0.0952 e. The number of unbranched alkanes of at least 4 members (excludes halogenated alkanes) is 1. The zero-order valence-electron chi connectivity index (χ0n) is 7.31. The lowest BCUT2D eigenvalue weighted by atomic mass is 10.2. The minimum atomic E-state index is -0.187. The Bertz CT molecular complexity index is 73.8. The molecule has 0 amide bonds. The van der Waals surface area contributed by atoms with Gasteiger partial charge in [-0.15, -0.1) is 0 Å². The van der Waals surface area contributed by atoms with Crippen molar-refractivity contribution in [3.63, 3.8) is 0 Å². The fourth-order valence-corrected chi connectivity index (χ4v) is 0.384. The molecule has 0 saturated heterocycles. The second-order valence-electron chi connectivity index (χ2n) is 3.21. The minimum absolute atomic E-state index is 0.187. The van der Waals surface area contributed by atoms with Crippen LogP contribution in [0.15, 0.2) is 0 Å². The van der Waals surface area contributed by atoms with Gasteiger partial charge in [0.2, 0.25) is 0 Å². The highest BCUT2D eigenvalue weighted by molar-refractivity contribution is 4.55. The van der Waals surface area contributed by atoms with Crippen molar-refractivity contribution in [3.05, 3.63) is 6.42 Å². The minimum Gasteiger partial charge on any atom is -0.236 e. The third-order valence-corrected chi connectivity index (χ3v) is 0.799. The topological polar surface area (TPSA) is 18.5 Å². The van der Waals surface area contributed by atoms with Gasteiger partial charge in [-0.3, -0.25) is 0 Å². The van der Waals surface area contributed by atoms with Crippen LogP contribution in [-0.2, 0) is 9.78 Å².